The maximum absolute atomic E-state index is 9.78. The van der Waals surface area contributed by atoms with Gasteiger partial charge in [-0.1, -0.05) is 45.8 Å². The highest BCUT2D eigenvalue weighted by Crippen LogP contribution is 2.47. The molecule has 0 amide bonds. The van der Waals surface area contributed by atoms with Crippen LogP contribution >= 0.6 is 15.9 Å². The van der Waals surface area contributed by atoms with Crippen molar-refractivity contribution >= 4 is 15.9 Å². The molecule has 1 aliphatic rings. The molecule has 0 saturated carbocycles. The predicted octanol–water partition coefficient (Wildman–Crippen LogP) is 4.59. The highest BCUT2D eigenvalue weighted by molar-refractivity contribution is 9.10. The van der Waals surface area contributed by atoms with Crippen LogP contribution in [0.5, 0.6) is 17.4 Å². The molecule has 4 rings (SSSR count). The number of fused-ring (bicyclic) bond motifs is 1. The van der Waals surface area contributed by atoms with E-state index in [1.807, 2.05) is 50.2 Å². The zero-order valence-corrected chi connectivity index (χ0v) is 18.9. The second kappa shape index (κ2) is 8.36. The fourth-order valence-corrected chi connectivity index (χ4v) is 4.15. The van der Waals surface area contributed by atoms with Crippen molar-refractivity contribution in [1.82, 2.24) is 10.2 Å². The molecule has 0 saturated heterocycles. The Labute approximate surface area is 188 Å². The summed E-state index contributed by atoms with van der Waals surface area (Å²) in [5.41, 5.74) is 10.9. The summed E-state index contributed by atoms with van der Waals surface area (Å²) in [6.07, 6.45) is 0. The summed E-state index contributed by atoms with van der Waals surface area (Å²) in [7, 11) is 1.58. The topological polar surface area (TPSA) is 106 Å². The van der Waals surface area contributed by atoms with Crippen LogP contribution in [-0.4, -0.2) is 17.3 Å². The van der Waals surface area contributed by atoms with Crippen LogP contribution < -0.4 is 19.9 Å². The number of halogens is 1. The fourth-order valence-electron chi connectivity index (χ4n) is 3.60. The molecule has 1 aliphatic heterocycles. The minimum atomic E-state index is -0.457. The molecular weight excluding hydrogens is 460 g/mol. The SMILES string of the molecule is COc1cc([C@H]2C(C#N)=C(N)Oc3n[nH]c(C)c32)c(Br)cc1OCc1ccc(C)cc1. The number of nitrogens with one attached hydrogen (secondary N) is 1. The van der Waals surface area contributed by atoms with E-state index in [-0.39, 0.29) is 5.88 Å². The van der Waals surface area contributed by atoms with Gasteiger partial charge in [0.1, 0.15) is 18.2 Å². The standard InChI is InChI=1S/C23H21BrN4O3/c1-12-4-6-14(7-5-12)11-30-19-9-17(24)15(8-18(19)29-3)21-16(10-25)22(26)31-23-20(21)13(2)27-28-23/h4-9,21H,11,26H2,1-3H3,(H,27,28)/t21-/m0/s1. The van der Waals surface area contributed by atoms with Crippen molar-refractivity contribution in [3.8, 4) is 23.4 Å². The molecule has 8 heteroatoms. The molecule has 2 aromatic carbocycles. The van der Waals surface area contributed by atoms with E-state index in [4.69, 9.17) is 19.9 Å². The number of nitrogens with zero attached hydrogens (tertiary/aromatic N) is 2. The maximum atomic E-state index is 9.78. The van der Waals surface area contributed by atoms with Crippen LogP contribution in [0.3, 0.4) is 0 Å². The summed E-state index contributed by atoms with van der Waals surface area (Å²) >= 11 is 3.64. The lowest BCUT2D eigenvalue weighted by Gasteiger charge is -2.25. The summed E-state index contributed by atoms with van der Waals surface area (Å²) < 4.78 is 17.9. The number of aromatic amines is 1. The number of aromatic nitrogens is 2. The Morgan fingerprint density at radius 2 is 1.97 bits per heavy atom. The van der Waals surface area contributed by atoms with E-state index in [9.17, 15) is 5.26 Å². The molecule has 0 bridgehead atoms. The Morgan fingerprint density at radius 3 is 2.65 bits per heavy atom. The molecule has 3 N–H and O–H groups in total. The van der Waals surface area contributed by atoms with Crippen LogP contribution in [0.25, 0.3) is 0 Å². The van der Waals surface area contributed by atoms with Gasteiger partial charge in [-0.25, -0.2) is 0 Å². The van der Waals surface area contributed by atoms with Crippen molar-refractivity contribution in [3.05, 3.63) is 80.3 Å². The van der Waals surface area contributed by atoms with E-state index in [1.165, 1.54) is 5.56 Å². The van der Waals surface area contributed by atoms with E-state index < -0.39 is 5.92 Å². The van der Waals surface area contributed by atoms with Crippen molar-refractivity contribution in [1.29, 1.82) is 5.26 Å². The van der Waals surface area contributed by atoms with Gasteiger partial charge >= 0.3 is 0 Å². The number of methoxy groups -OCH3 is 1. The monoisotopic (exact) mass is 480 g/mol. The molecule has 0 spiro atoms. The van der Waals surface area contributed by atoms with Gasteiger partial charge in [0, 0.05) is 15.7 Å². The molecule has 0 fully saturated rings. The van der Waals surface area contributed by atoms with Crippen molar-refractivity contribution in [2.75, 3.05) is 7.11 Å². The molecule has 1 atom stereocenters. The Balaban J connectivity index is 1.73. The van der Waals surface area contributed by atoms with Gasteiger partial charge in [0.05, 0.1) is 13.0 Å². The first-order valence-corrected chi connectivity index (χ1v) is 10.4. The van der Waals surface area contributed by atoms with Gasteiger partial charge in [-0.15, -0.1) is 5.10 Å². The summed E-state index contributed by atoms with van der Waals surface area (Å²) in [6, 6.07) is 14.0. The van der Waals surface area contributed by atoms with Crippen molar-refractivity contribution in [3.63, 3.8) is 0 Å². The van der Waals surface area contributed by atoms with Gasteiger partial charge in [0.25, 0.3) is 0 Å². The Bertz CT molecular complexity index is 1210. The number of aryl methyl sites for hydroxylation is 2. The van der Waals surface area contributed by atoms with Crippen molar-refractivity contribution < 1.29 is 14.2 Å². The van der Waals surface area contributed by atoms with Gasteiger partial charge in [-0.05, 0) is 37.1 Å². The molecule has 0 radical (unpaired) electrons. The number of hydrogen-bond acceptors (Lipinski definition) is 6. The van der Waals surface area contributed by atoms with E-state index in [0.717, 1.165) is 26.9 Å². The summed E-state index contributed by atoms with van der Waals surface area (Å²) in [4.78, 5) is 0. The number of nitriles is 1. The average molecular weight is 481 g/mol. The molecule has 3 aromatic rings. The summed E-state index contributed by atoms with van der Waals surface area (Å²) in [5.74, 6) is 1.09. The van der Waals surface area contributed by atoms with Crippen molar-refractivity contribution in [2.45, 2.75) is 26.4 Å². The smallest absolute Gasteiger partial charge is 0.244 e. The molecular formula is C23H21BrN4O3. The normalized spacial score (nSPS) is 15.1. The lowest BCUT2D eigenvalue weighted by atomic mass is 9.84. The Kier molecular flexibility index (Phi) is 5.61. The third kappa shape index (κ3) is 3.84. The van der Waals surface area contributed by atoms with Crippen LogP contribution in [0.2, 0.25) is 0 Å². The van der Waals surface area contributed by atoms with Gasteiger partial charge in [-0.3, -0.25) is 5.10 Å². The second-order valence-corrected chi connectivity index (χ2v) is 8.15. The minimum Gasteiger partial charge on any atom is -0.493 e. The third-order valence-electron chi connectivity index (χ3n) is 5.24. The number of allylic oxidation sites excluding steroid dienone is 1. The Hall–Kier alpha value is -3.44. The molecule has 7 nitrogen and oxygen atoms in total. The molecule has 2 heterocycles. The maximum Gasteiger partial charge on any atom is 0.244 e. The quantitative estimate of drug-likeness (QED) is 0.552. The first kappa shape index (κ1) is 20.8. The predicted molar refractivity (Wildman–Crippen MR) is 119 cm³/mol. The largest absolute Gasteiger partial charge is 0.493 e. The van der Waals surface area contributed by atoms with Crippen LogP contribution in [0.15, 0.2) is 52.3 Å². The number of nitrogens with two attached hydrogens (primary N) is 1. The average Bonchev–Trinajstić information content (AvgIpc) is 3.12. The highest BCUT2D eigenvalue weighted by atomic mass is 79.9. The van der Waals surface area contributed by atoms with Gasteiger partial charge in [0.15, 0.2) is 11.5 Å². The Morgan fingerprint density at radius 1 is 1.23 bits per heavy atom. The molecule has 0 unspecified atom stereocenters. The molecule has 1 aromatic heterocycles. The number of benzene rings is 2. The van der Waals surface area contributed by atoms with Gasteiger partial charge in [0.2, 0.25) is 11.8 Å². The zero-order chi connectivity index (χ0) is 22.1. The highest BCUT2D eigenvalue weighted by Gasteiger charge is 2.36. The number of ether oxygens (including phenoxy) is 3. The summed E-state index contributed by atoms with van der Waals surface area (Å²) in [6.45, 7) is 4.33. The van der Waals surface area contributed by atoms with Gasteiger partial charge in [-0.2, -0.15) is 5.26 Å². The van der Waals surface area contributed by atoms with E-state index in [1.54, 1.807) is 7.11 Å². The number of H-pyrrole nitrogens is 1. The fraction of sp³-hybridized carbons (Fsp3) is 0.217. The van der Waals surface area contributed by atoms with Crippen LogP contribution in [0, 0.1) is 25.2 Å². The molecule has 0 aliphatic carbocycles. The minimum absolute atomic E-state index is 0.0389. The molecule has 158 valence electrons. The number of hydrogen-bond donors (Lipinski definition) is 2. The van der Waals surface area contributed by atoms with E-state index in [0.29, 0.717) is 29.6 Å². The second-order valence-electron chi connectivity index (χ2n) is 7.29. The van der Waals surface area contributed by atoms with E-state index >= 15 is 0 Å². The first-order valence-electron chi connectivity index (χ1n) is 9.61. The van der Waals surface area contributed by atoms with Crippen LogP contribution in [0.1, 0.15) is 33.9 Å². The zero-order valence-electron chi connectivity index (χ0n) is 17.3. The van der Waals surface area contributed by atoms with Crippen LogP contribution in [-0.2, 0) is 6.61 Å². The van der Waals surface area contributed by atoms with Crippen molar-refractivity contribution in [2.24, 2.45) is 5.73 Å². The van der Waals surface area contributed by atoms with E-state index in [2.05, 4.69) is 32.2 Å². The molecule has 31 heavy (non-hydrogen) atoms. The van der Waals surface area contributed by atoms with Gasteiger partial charge < -0.3 is 19.9 Å². The summed E-state index contributed by atoms with van der Waals surface area (Å²) in [5, 5.41) is 16.9. The number of rotatable bonds is 5. The lowest BCUT2D eigenvalue weighted by molar-refractivity contribution is 0.284. The third-order valence-corrected chi connectivity index (χ3v) is 5.93. The first-order chi connectivity index (χ1) is 14.9. The van der Waals surface area contributed by atoms with Crippen LogP contribution in [0.4, 0.5) is 0 Å². The lowest BCUT2D eigenvalue weighted by Crippen LogP contribution is -2.21.